The second-order valence-corrected chi connectivity index (χ2v) is 7.86. The summed E-state index contributed by atoms with van der Waals surface area (Å²) in [5.41, 5.74) is 3.06. The van der Waals surface area contributed by atoms with Crippen LogP contribution in [0, 0.1) is 0 Å². The van der Waals surface area contributed by atoms with Crippen LogP contribution in [0.1, 0.15) is 31.5 Å². The summed E-state index contributed by atoms with van der Waals surface area (Å²) in [6.07, 6.45) is -5.23. The Morgan fingerprint density at radius 1 is 1.03 bits per heavy atom. The summed E-state index contributed by atoms with van der Waals surface area (Å²) in [5.74, 6) is 0.165. The summed E-state index contributed by atoms with van der Waals surface area (Å²) < 4.78 is 46.2. The van der Waals surface area contributed by atoms with E-state index in [1.165, 1.54) is 17.0 Å². The molecule has 3 aromatic rings. The monoisotopic (exact) mass is 504 g/mol. The molecule has 1 heterocycles. The molecule has 0 radical (unpaired) electrons. The number of rotatable bonds is 5. The van der Waals surface area contributed by atoms with Gasteiger partial charge in [-0.2, -0.15) is 0 Å². The third-order valence-corrected chi connectivity index (χ3v) is 5.54. The first-order valence-electron chi connectivity index (χ1n) is 10.5. The number of benzene rings is 3. The van der Waals surface area contributed by atoms with Crippen molar-refractivity contribution in [3.63, 3.8) is 0 Å². The Kier molecular flexibility index (Phi) is 8.07. The Labute approximate surface area is 206 Å². The van der Waals surface area contributed by atoms with E-state index < -0.39 is 12.5 Å². The Balaban J connectivity index is 0.00000342. The summed E-state index contributed by atoms with van der Waals surface area (Å²) >= 11 is 6.35. The van der Waals surface area contributed by atoms with Gasteiger partial charge in [0.05, 0.1) is 24.2 Å². The van der Waals surface area contributed by atoms with Crippen molar-refractivity contribution >= 4 is 23.5 Å². The minimum Gasteiger partial charge on any atom is -0.449 e. The normalized spacial score (nSPS) is 15.3. The van der Waals surface area contributed by atoms with Crippen LogP contribution in [-0.4, -0.2) is 36.3 Å². The van der Waals surface area contributed by atoms with Crippen LogP contribution < -0.4 is 4.74 Å². The molecule has 0 bridgehead atoms. The van der Waals surface area contributed by atoms with E-state index in [1.54, 1.807) is 37.3 Å². The average molecular weight is 505 g/mol. The number of nitrogens with zero attached hydrogens (tertiary/aromatic N) is 2. The zero-order valence-electron chi connectivity index (χ0n) is 18.1. The van der Waals surface area contributed by atoms with Gasteiger partial charge in [0.15, 0.2) is 0 Å². The zero-order chi connectivity index (χ0) is 24.3. The van der Waals surface area contributed by atoms with Crippen LogP contribution in [0.25, 0.3) is 11.1 Å². The van der Waals surface area contributed by atoms with Crippen LogP contribution in [0.2, 0.25) is 5.02 Å². The number of aliphatic imine (C=N–C) groups is 1. The topological polar surface area (TPSA) is 51.1 Å². The summed E-state index contributed by atoms with van der Waals surface area (Å²) in [4.78, 5) is 18.8. The number of carbonyl (C=O) groups is 1. The van der Waals surface area contributed by atoms with E-state index in [1.807, 2.05) is 30.3 Å². The van der Waals surface area contributed by atoms with Crippen molar-refractivity contribution < 1.29 is 27.4 Å². The second kappa shape index (κ2) is 10.8. The SMILES string of the molecule is C.CCOC(=O)N1CC(c2ccc(-c3ccc(OC(F)(F)F)cc3)cc2)N=C1c1ccccc1Cl. The van der Waals surface area contributed by atoms with Crippen molar-refractivity contribution in [3.05, 3.63) is 88.9 Å². The van der Waals surface area contributed by atoms with E-state index in [0.717, 1.165) is 16.7 Å². The maximum Gasteiger partial charge on any atom is 0.573 e. The molecule has 0 saturated heterocycles. The van der Waals surface area contributed by atoms with Crippen molar-refractivity contribution in [2.75, 3.05) is 13.2 Å². The van der Waals surface area contributed by atoms with Gasteiger partial charge in [-0.15, -0.1) is 13.2 Å². The molecule has 184 valence electrons. The fourth-order valence-corrected chi connectivity index (χ4v) is 3.88. The van der Waals surface area contributed by atoms with Gasteiger partial charge in [-0.3, -0.25) is 9.89 Å². The Morgan fingerprint density at radius 3 is 2.20 bits per heavy atom. The second-order valence-electron chi connectivity index (χ2n) is 7.45. The number of carbonyl (C=O) groups excluding carboxylic acids is 1. The van der Waals surface area contributed by atoms with Crippen molar-refractivity contribution in [1.82, 2.24) is 4.90 Å². The molecule has 1 unspecified atom stereocenters. The average Bonchev–Trinajstić information content (AvgIpc) is 3.25. The molecule has 0 N–H and O–H groups in total. The molecule has 9 heteroatoms. The van der Waals surface area contributed by atoms with E-state index in [0.29, 0.717) is 23.0 Å². The number of ether oxygens (including phenoxy) is 2. The van der Waals surface area contributed by atoms with Gasteiger partial charge in [0.1, 0.15) is 11.6 Å². The summed E-state index contributed by atoms with van der Waals surface area (Å²) in [7, 11) is 0. The Hall–Kier alpha value is -3.52. The standard InChI is InChI=1S/C25H20ClF3N2O3.CH4/c1-2-33-24(32)31-15-22(30-23(31)20-5-3-4-6-21(20)26)18-9-7-16(8-10-18)17-11-13-19(14-12-17)34-25(27,28)29;/h3-14,22H,2,15H2,1H3;1H4. The minimum absolute atomic E-state index is 0. The molecule has 4 rings (SSSR count). The van der Waals surface area contributed by atoms with Crippen molar-refractivity contribution in [3.8, 4) is 16.9 Å². The fraction of sp³-hybridized carbons (Fsp3) is 0.231. The molecule has 0 fully saturated rings. The molecule has 0 aliphatic carbocycles. The van der Waals surface area contributed by atoms with E-state index >= 15 is 0 Å². The summed E-state index contributed by atoms with van der Waals surface area (Å²) in [5, 5.41) is 0.476. The number of alkyl halides is 3. The molecule has 1 aliphatic heterocycles. The number of hydrogen-bond acceptors (Lipinski definition) is 4. The third-order valence-electron chi connectivity index (χ3n) is 5.21. The fourth-order valence-electron chi connectivity index (χ4n) is 3.66. The van der Waals surface area contributed by atoms with Crippen molar-refractivity contribution in [2.24, 2.45) is 4.99 Å². The number of amides is 1. The molecule has 1 atom stereocenters. The van der Waals surface area contributed by atoms with E-state index in [2.05, 4.69) is 4.74 Å². The van der Waals surface area contributed by atoms with E-state index in [4.69, 9.17) is 21.3 Å². The van der Waals surface area contributed by atoms with Gasteiger partial charge in [-0.25, -0.2) is 4.79 Å². The molecule has 0 saturated carbocycles. The van der Waals surface area contributed by atoms with Gasteiger partial charge in [0.25, 0.3) is 0 Å². The minimum atomic E-state index is -4.73. The molecular formula is C26H24ClF3N2O3. The number of halogens is 4. The Morgan fingerprint density at radius 2 is 1.63 bits per heavy atom. The van der Waals surface area contributed by atoms with Gasteiger partial charge in [0.2, 0.25) is 0 Å². The molecule has 5 nitrogen and oxygen atoms in total. The Bertz CT molecular complexity index is 1200. The zero-order valence-corrected chi connectivity index (χ0v) is 18.8. The maximum absolute atomic E-state index is 12.6. The maximum atomic E-state index is 12.6. The molecule has 0 aromatic heterocycles. The van der Waals surface area contributed by atoms with Crippen molar-refractivity contribution in [1.29, 1.82) is 0 Å². The highest BCUT2D eigenvalue weighted by Gasteiger charge is 2.33. The van der Waals surface area contributed by atoms with Crippen LogP contribution in [0.3, 0.4) is 0 Å². The van der Waals surface area contributed by atoms with Crippen LogP contribution in [0.5, 0.6) is 5.75 Å². The molecule has 35 heavy (non-hydrogen) atoms. The lowest BCUT2D eigenvalue weighted by Gasteiger charge is -2.19. The van der Waals surface area contributed by atoms with Crippen LogP contribution in [0.15, 0.2) is 77.8 Å². The van der Waals surface area contributed by atoms with Gasteiger partial charge in [0, 0.05) is 5.56 Å². The van der Waals surface area contributed by atoms with Gasteiger partial charge in [-0.05, 0) is 47.9 Å². The molecule has 1 aliphatic rings. The molecular weight excluding hydrogens is 481 g/mol. The lowest BCUT2D eigenvalue weighted by atomic mass is 10.0. The molecule has 1 amide bonds. The quantitative estimate of drug-likeness (QED) is 0.361. The first-order chi connectivity index (χ1) is 16.2. The summed E-state index contributed by atoms with van der Waals surface area (Å²) in [6.45, 7) is 2.26. The van der Waals surface area contributed by atoms with Crippen molar-refractivity contribution in [2.45, 2.75) is 26.8 Å². The van der Waals surface area contributed by atoms with Gasteiger partial charge in [-0.1, -0.05) is 67.6 Å². The van der Waals surface area contributed by atoms with Crippen LogP contribution in [0.4, 0.5) is 18.0 Å². The predicted molar refractivity (Wildman–Crippen MR) is 130 cm³/mol. The first-order valence-corrected chi connectivity index (χ1v) is 10.9. The predicted octanol–water partition coefficient (Wildman–Crippen LogP) is 7.50. The summed E-state index contributed by atoms with van der Waals surface area (Å²) in [6, 6.07) is 19.9. The van der Waals surface area contributed by atoms with E-state index in [-0.39, 0.29) is 25.8 Å². The highest BCUT2D eigenvalue weighted by atomic mass is 35.5. The van der Waals surface area contributed by atoms with Gasteiger partial charge >= 0.3 is 12.5 Å². The highest BCUT2D eigenvalue weighted by molar-refractivity contribution is 6.34. The third kappa shape index (κ3) is 6.14. The largest absolute Gasteiger partial charge is 0.573 e. The van der Waals surface area contributed by atoms with Crippen LogP contribution in [-0.2, 0) is 4.74 Å². The highest BCUT2D eigenvalue weighted by Crippen LogP contribution is 2.32. The smallest absolute Gasteiger partial charge is 0.449 e. The van der Waals surface area contributed by atoms with Gasteiger partial charge < -0.3 is 9.47 Å². The van der Waals surface area contributed by atoms with E-state index in [9.17, 15) is 18.0 Å². The lowest BCUT2D eigenvalue weighted by molar-refractivity contribution is -0.274. The van der Waals surface area contributed by atoms with Crippen LogP contribution >= 0.6 is 11.6 Å². The number of amidine groups is 1. The number of hydrogen-bond donors (Lipinski definition) is 0. The first kappa shape index (κ1) is 26.1. The molecule has 3 aromatic carbocycles. The lowest BCUT2D eigenvalue weighted by Crippen LogP contribution is -2.35. The molecule has 0 spiro atoms.